The van der Waals surface area contributed by atoms with Crippen LogP contribution < -0.4 is 5.32 Å². The van der Waals surface area contributed by atoms with Crippen molar-refractivity contribution >= 4 is 22.8 Å². The van der Waals surface area contributed by atoms with E-state index in [9.17, 15) is 14.0 Å². The number of benzene rings is 1. The molecule has 1 aliphatic rings. The number of nitrogens with zero attached hydrogens (tertiary/aromatic N) is 2. The number of rotatable bonds is 6. The van der Waals surface area contributed by atoms with Gasteiger partial charge in [0.1, 0.15) is 11.4 Å². The zero-order valence-electron chi connectivity index (χ0n) is 14.5. The van der Waals surface area contributed by atoms with Gasteiger partial charge in [0, 0.05) is 17.1 Å². The highest BCUT2D eigenvalue weighted by Gasteiger charge is 2.49. The Hall–Kier alpha value is -2.50. The third-order valence-corrected chi connectivity index (χ3v) is 4.68. The molecule has 2 heterocycles. The van der Waals surface area contributed by atoms with Crippen LogP contribution in [0.25, 0.3) is 10.9 Å². The van der Waals surface area contributed by atoms with Crippen molar-refractivity contribution in [3.63, 3.8) is 0 Å². The minimum Gasteiger partial charge on any atom is -0.323 e. The third-order valence-electron chi connectivity index (χ3n) is 4.68. The number of imide groups is 1. The number of nitrogens with one attached hydrogen (secondary N) is 1. The molecule has 0 unspecified atom stereocenters. The molecule has 5 nitrogen and oxygen atoms in total. The number of carbonyl (C=O) groups excluding carboxylic acids is 2. The van der Waals surface area contributed by atoms with E-state index in [-0.39, 0.29) is 12.5 Å². The molecule has 1 aliphatic heterocycles. The van der Waals surface area contributed by atoms with Gasteiger partial charge in [-0.2, -0.15) is 0 Å². The Bertz CT molecular complexity index is 815. The maximum Gasteiger partial charge on any atom is 0.325 e. The number of aromatic nitrogens is 1. The van der Waals surface area contributed by atoms with Crippen molar-refractivity contribution in [2.24, 2.45) is 0 Å². The fourth-order valence-corrected chi connectivity index (χ4v) is 3.66. The van der Waals surface area contributed by atoms with E-state index in [1.54, 1.807) is 18.3 Å². The second-order valence-corrected chi connectivity index (χ2v) is 6.54. The average Bonchev–Trinajstić information content (AvgIpc) is 2.80. The minimum absolute atomic E-state index is 0.0190. The van der Waals surface area contributed by atoms with Crippen LogP contribution in [-0.2, 0) is 11.3 Å². The van der Waals surface area contributed by atoms with E-state index in [1.165, 1.54) is 17.0 Å². The lowest BCUT2D eigenvalue weighted by atomic mass is 9.88. The second kappa shape index (κ2) is 6.78. The lowest BCUT2D eigenvalue weighted by molar-refractivity contribution is -0.132. The molecule has 1 aromatic heterocycles. The van der Waals surface area contributed by atoms with Gasteiger partial charge in [0.05, 0.1) is 12.1 Å². The number of carbonyl (C=O) groups is 2. The number of amides is 3. The van der Waals surface area contributed by atoms with Gasteiger partial charge >= 0.3 is 6.03 Å². The van der Waals surface area contributed by atoms with Crippen LogP contribution >= 0.6 is 0 Å². The van der Waals surface area contributed by atoms with E-state index in [4.69, 9.17) is 0 Å². The zero-order chi connectivity index (χ0) is 18.0. The molecule has 1 fully saturated rings. The lowest BCUT2D eigenvalue weighted by Gasteiger charge is -2.25. The van der Waals surface area contributed by atoms with Crippen molar-refractivity contribution in [2.45, 2.75) is 51.6 Å². The number of urea groups is 1. The van der Waals surface area contributed by atoms with Gasteiger partial charge in [-0.05, 0) is 31.0 Å². The van der Waals surface area contributed by atoms with Gasteiger partial charge in [0.15, 0.2) is 0 Å². The summed E-state index contributed by atoms with van der Waals surface area (Å²) in [6.45, 7) is 4.00. The molecule has 2 aromatic rings. The van der Waals surface area contributed by atoms with Crippen LogP contribution in [-0.4, -0.2) is 27.4 Å². The zero-order valence-corrected chi connectivity index (χ0v) is 14.5. The Morgan fingerprint density at radius 2 is 1.92 bits per heavy atom. The largest absolute Gasteiger partial charge is 0.325 e. The fraction of sp³-hybridized carbons (Fsp3) is 0.421. The Balaban J connectivity index is 1.96. The van der Waals surface area contributed by atoms with Gasteiger partial charge < -0.3 is 5.32 Å². The third kappa shape index (κ3) is 3.08. The van der Waals surface area contributed by atoms with Crippen molar-refractivity contribution in [3.8, 4) is 0 Å². The van der Waals surface area contributed by atoms with Crippen LogP contribution in [0, 0.1) is 5.82 Å². The molecule has 0 aliphatic carbocycles. The first-order chi connectivity index (χ1) is 12.0. The van der Waals surface area contributed by atoms with Gasteiger partial charge in [0.25, 0.3) is 5.91 Å². The SMILES string of the molecule is CCCC1(CCC)NC(=O)N(Cc2cc(F)cc3cccnc23)C1=O. The molecule has 0 saturated carbocycles. The lowest BCUT2D eigenvalue weighted by Crippen LogP contribution is -2.46. The van der Waals surface area contributed by atoms with Crippen LogP contribution in [0.15, 0.2) is 30.5 Å². The van der Waals surface area contributed by atoms with Crippen molar-refractivity contribution in [3.05, 3.63) is 41.8 Å². The summed E-state index contributed by atoms with van der Waals surface area (Å²) in [5.74, 6) is -0.634. The molecule has 3 amide bonds. The van der Waals surface area contributed by atoms with E-state index < -0.39 is 17.4 Å². The Morgan fingerprint density at radius 1 is 1.20 bits per heavy atom. The summed E-state index contributed by atoms with van der Waals surface area (Å²) in [6.07, 6.45) is 4.41. The highest BCUT2D eigenvalue weighted by Crippen LogP contribution is 2.30. The predicted octanol–water partition coefficient (Wildman–Crippen LogP) is 3.76. The van der Waals surface area contributed by atoms with E-state index in [0.717, 1.165) is 12.8 Å². The summed E-state index contributed by atoms with van der Waals surface area (Å²) in [7, 11) is 0. The van der Waals surface area contributed by atoms with Crippen molar-refractivity contribution in [1.29, 1.82) is 0 Å². The molecular weight excluding hydrogens is 321 g/mol. The second-order valence-electron chi connectivity index (χ2n) is 6.54. The molecular formula is C19H22FN3O2. The van der Waals surface area contributed by atoms with Crippen molar-refractivity contribution in [1.82, 2.24) is 15.2 Å². The van der Waals surface area contributed by atoms with Crippen LogP contribution in [0.2, 0.25) is 0 Å². The molecule has 0 spiro atoms. The van der Waals surface area contributed by atoms with Gasteiger partial charge in [0.2, 0.25) is 0 Å². The normalized spacial score (nSPS) is 16.5. The Morgan fingerprint density at radius 3 is 2.60 bits per heavy atom. The van der Waals surface area contributed by atoms with E-state index in [2.05, 4.69) is 10.3 Å². The number of halogens is 1. The molecule has 1 saturated heterocycles. The summed E-state index contributed by atoms with van der Waals surface area (Å²) in [4.78, 5) is 30.9. The molecule has 0 atom stereocenters. The molecule has 1 aromatic carbocycles. The summed E-state index contributed by atoms with van der Waals surface area (Å²) < 4.78 is 13.9. The Labute approximate surface area is 146 Å². The molecule has 25 heavy (non-hydrogen) atoms. The molecule has 132 valence electrons. The predicted molar refractivity (Wildman–Crippen MR) is 93.3 cm³/mol. The number of pyridine rings is 1. The standard InChI is InChI=1S/C19H22FN3O2/c1-3-7-19(8-4-2)17(24)23(18(25)22-19)12-14-11-15(20)10-13-6-5-9-21-16(13)14/h5-6,9-11H,3-4,7-8,12H2,1-2H3,(H,22,25). The quantitative estimate of drug-likeness (QED) is 0.812. The first kappa shape index (κ1) is 17.3. The van der Waals surface area contributed by atoms with Crippen molar-refractivity contribution < 1.29 is 14.0 Å². The Kier molecular flexibility index (Phi) is 4.70. The monoisotopic (exact) mass is 343 g/mol. The molecule has 6 heteroatoms. The maximum atomic E-state index is 13.9. The number of fused-ring (bicyclic) bond motifs is 1. The topological polar surface area (TPSA) is 62.3 Å². The van der Waals surface area contributed by atoms with E-state index in [1.807, 2.05) is 13.8 Å². The summed E-state index contributed by atoms with van der Waals surface area (Å²) >= 11 is 0. The van der Waals surface area contributed by atoms with Crippen LogP contribution in [0.5, 0.6) is 0 Å². The van der Waals surface area contributed by atoms with Crippen LogP contribution in [0.4, 0.5) is 9.18 Å². The fourth-order valence-electron chi connectivity index (χ4n) is 3.66. The number of hydrogen-bond acceptors (Lipinski definition) is 3. The van der Waals surface area contributed by atoms with Gasteiger partial charge in [-0.15, -0.1) is 0 Å². The summed E-state index contributed by atoms with van der Waals surface area (Å²) in [6, 6.07) is 5.82. The first-order valence-electron chi connectivity index (χ1n) is 8.68. The summed E-state index contributed by atoms with van der Waals surface area (Å²) in [5.41, 5.74) is 0.299. The van der Waals surface area contributed by atoms with Gasteiger partial charge in [-0.1, -0.05) is 32.8 Å². The molecule has 0 bridgehead atoms. The van der Waals surface area contributed by atoms with E-state index in [0.29, 0.717) is 29.3 Å². The van der Waals surface area contributed by atoms with Crippen LogP contribution in [0.3, 0.4) is 0 Å². The molecule has 3 rings (SSSR count). The minimum atomic E-state index is -0.836. The van der Waals surface area contributed by atoms with Crippen LogP contribution in [0.1, 0.15) is 45.1 Å². The van der Waals surface area contributed by atoms with Gasteiger partial charge in [-0.3, -0.25) is 14.7 Å². The number of hydrogen-bond donors (Lipinski definition) is 1. The smallest absolute Gasteiger partial charge is 0.323 e. The molecule has 0 radical (unpaired) electrons. The highest BCUT2D eigenvalue weighted by molar-refractivity contribution is 6.07. The van der Waals surface area contributed by atoms with Gasteiger partial charge in [-0.25, -0.2) is 9.18 Å². The highest BCUT2D eigenvalue weighted by atomic mass is 19.1. The van der Waals surface area contributed by atoms with Crippen molar-refractivity contribution in [2.75, 3.05) is 0 Å². The first-order valence-corrected chi connectivity index (χ1v) is 8.68. The van der Waals surface area contributed by atoms with E-state index >= 15 is 0 Å². The average molecular weight is 343 g/mol. The molecule has 1 N–H and O–H groups in total. The summed E-state index contributed by atoms with van der Waals surface area (Å²) in [5, 5.41) is 3.53. The maximum absolute atomic E-state index is 13.9.